The number of nitrogens with one attached hydrogen (secondary N) is 1. The van der Waals surface area contributed by atoms with Crippen LogP contribution in [0.3, 0.4) is 0 Å². The summed E-state index contributed by atoms with van der Waals surface area (Å²) in [6.07, 6.45) is 2.98. The maximum absolute atomic E-state index is 13.9. The van der Waals surface area contributed by atoms with Crippen LogP contribution in [-0.2, 0) is 5.41 Å². The Bertz CT molecular complexity index is 555. The van der Waals surface area contributed by atoms with Crippen LogP contribution in [0.1, 0.15) is 31.2 Å². The SMILES string of the molecule is O=C(NCC1(c2c(F)cccc2F)CC1)N1CCCC1CO. The molecule has 6 heteroatoms. The number of nitrogens with zero attached hydrogens (tertiary/aromatic N) is 1. The van der Waals surface area contributed by atoms with E-state index in [0.29, 0.717) is 19.4 Å². The van der Waals surface area contributed by atoms with Crippen molar-refractivity contribution < 1.29 is 18.7 Å². The van der Waals surface area contributed by atoms with Crippen LogP contribution in [-0.4, -0.2) is 41.8 Å². The highest BCUT2D eigenvalue weighted by molar-refractivity contribution is 5.75. The molecule has 2 amide bonds. The highest BCUT2D eigenvalue weighted by Gasteiger charge is 2.48. The molecule has 0 aromatic heterocycles. The van der Waals surface area contributed by atoms with Crippen LogP contribution in [0.5, 0.6) is 0 Å². The number of amides is 2. The summed E-state index contributed by atoms with van der Waals surface area (Å²) in [4.78, 5) is 13.8. The molecule has 4 nitrogen and oxygen atoms in total. The molecule has 1 saturated carbocycles. The quantitative estimate of drug-likeness (QED) is 0.895. The summed E-state index contributed by atoms with van der Waals surface area (Å²) in [5.74, 6) is -1.11. The van der Waals surface area contributed by atoms with Gasteiger partial charge >= 0.3 is 6.03 Å². The largest absolute Gasteiger partial charge is 0.394 e. The van der Waals surface area contributed by atoms with E-state index in [1.807, 2.05) is 0 Å². The Morgan fingerprint density at radius 2 is 2.05 bits per heavy atom. The number of aliphatic hydroxyl groups is 1. The fourth-order valence-electron chi connectivity index (χ4n) is 3.31. The second-order valence-electron chi connectivity index (χ2n) is 6.21. The Hall–Kier alpha value is -1.69. The molecule has 1 heterocycles. The first-order valence-electron chi connectivity index (χ1n) is 7.67. The molecule has 2 aliphatic rings. The third-order valence-electron chi connectivity index (χ3n) is 4.77. The van der Waals surface area contributed by atoms with Crippen molar-refractivity contribution >= 4 is 6.03 Å². The van der Waals surface area contributed by atoms with Crippen molar-refractivity contribution in [2.45, 2.75) is 37.1 Å². The fourth-order valence-corrected chi connectivity index (χ4v) is 3.31. The Morgan fingerprint density at radius 3 is 2.64 bits per heavy atom. The van der Waals surface area contributed by atoms with Gasteiger partial charge in [0.1, 0.15) is 11.6 Å². The minimum absolute atomic E-state index is 0.0551. The predicted molar refractivity (Wildman–Crippen MR) is 77.5 cm³/mol. The Kier molecular flexibility index (Phi) is 4.04. The molecule has 2 N–H and O–H groups in total. The smallest absolute Gasteiger partial charge is 0.317 e. The molecular weight excluding hydrogens is 290 g/mol. The van der Waals surface area contributed by atoms with Gasteiger partial charge in [-0.1, -0.05) is 6.07 Å². The summed E-state index contributed by atoms with van der Waals surface area (Å²) in [6.45, 7) is 0.775. The lowest BCUT2D eigenvalue weighted by atomic mass is 9.94. The average molecular weight is 310 g/mol. The summed E-state index contributed by atoms with van der Waals surface area (Å²) in [5, 5.41) is 12.0. The van der Waals surface area contributed by atoms with Crippen LogP contribution in [0.4, 0.5) is 13.6 Å². The third kappa shape index (κ3) is 2.67. The van der Waals surface area contributed by atoms with Gasteiger partial charge in [-0.2, -0.15) is 0 Å². The van der Waals surface area contributed by atoms with Crippen LogP contribution in [0.25, 0.3) is 0 Å². The van der Waals surface area contributed by atoms with Crippen molar-refractivity contribution in [1.82, 2.24) is 10.2 Å². The van der Waals surface area contributed by atoms with E-state index in [1.54, 1.807) is 4.90 Å². The van der Waals surface area contributed by atoms with E-state index >= 15 is 0 Å². The lowest BCUT2D eigenvalue weighted by Crippen LogP contribution is -2.46. The van der Waals surface area contributed by atoms with Gasteiger partial charge in [0, 0.05) is 24.1 Å². The van der Waals surface area contributed by atoms with Gasteiger partial charge in [-0.15, -0.1) is 0 Å². The van der Waals surface area contributed by atoms with Crippen LogP contribution < -0.4 is 5.32 Å². The number of carbonyl (C=O) groups is 1. The first-order chi connectivity index (χ1) is 10.6. The highest BCUT2D eigenvalue weighted by atomic mass is 19.1. The minimum Gasteiger partial charge on any atom is -0.394 e. The normalized spacial score (nSPS) is 22.7. The summed E-state index contributed by atoms with van der Waals surface area (Å²) in [6, 6.07) is 3.43. The van der Waals surface area contributed by atoms with Crippen LogP contribution in [0, 0.1) is 11.6 Å². The van der Waals surface area contributed by atoms with Gasteiger partial charge in [0.2, 0.25) is 0 Å². The molecule has 0 radical (unpaired) electrons. The Balaban J connectivity index is 1.67. The summed E-state index contributed by atoms with van der Waals surface area (Å²) >= 11 is 0. The number of carbonyl (C=O) groups excluding carboxylic acids is 1. The Morgan fingerprint density at radius 1 is 1.36 bits per heavy atom. The van der Waals surface area contributed by atoms with Crippen LogP contribution in [0.15, 0.2) is 18.2 Å². The lowest BCUT2D eigenvalue weighted by Gasteiger charge is -2.25. The molecule has 22 heavy (non-hydrogen) atoms. The van der Waals surface area contributed by atoms with E-state index in [1.165, 1.54) is 18.2 Å². The molecule has 1 aliphatic carbocycles. The van der Waals surface area contributed by atoms with Gasteiger partial charge < -0.3 is 15.3 Å². The van der Waals surface area contributed by atoms with E-state index in [4.69, 9.17) is 0 Å². The average Bonchev–Trinajstić information content (AvgIpc) is 3.11. The lowest BCUT2D eigenvalue weighted by molar-refractivity contribution is 0.156. The van der Waals surface area contributed by atoms with Crippen molar-refractivity contribution in [3.8, 4) is 0 Å². The fraction of sp³-hybridized carbons (Fsp3) is 0.562. The van der Waals surface area contributed by atoms with Crippen molar-refractivity contribution in [1.29, 1.82) is 0 Å². The first-order valence-corrected chi connectivity index (χ1v) is 7.67. The maximum atomic E-state index is 13.9. The molecule has 1 aromatic carbocycles. The summed E-state index contributed by atoms with van der Waals surface area (Å²) in [5.41, 5.74) is -0.546. The number of hydrogen-bond acceptors (Lipinski definition) is 2. The second kappa shape index (κ2) is 5.83. The molecule has 120 valence electrons. The van der Waals surface area contributed by atoms with Gasteiger partial charge in [0.05, 0.1) is 12.6 Å². The van der Waals surface area contributed by atoms with E-state index < -0.39 is 17.0 Å². The van der Waals surface area contributed by atoms with E-state index in [-0.39, 0.29) is 30.8 Å². The zero-order valence-corrected chi connectivity index (χ0v) is 12.3. The van der Waals surface area contributed by atoms with Crippen molar-refractivity contribution in [2.75, 3.05) is 19.7 Å². The number of aliphatic hydroxyl groups excluding tert-OH is 1. The van der Waals surface area contributed by atoms with E-state index in [9.17, 15) is 18.7 Å². The van der Waals surface area contributed by atoms with Crippen molar-refractivity contribution in [2.24, 2.45) is 0 Å². The zero-order chi connectivity index (χ0) is 15.7. The van der Waals surface area contributed by atoms with Gasteiger partial charge in [-0.25, -0.2) is 13.6 Å². The van der Waals surface area contributed by atoms with Crippen molar-refractivity contribution in [3.63, 3.8) is 0 Å². The van der Waals surface area contributed by atoms with Gasteiger partial charge in [-0.05, 0) is 37.8 Å². The third-order valence-corrected chi connectivity index (χ3v) is 4.77. The van der Waals surface area contributed by atoms with Gasteiger partial charge in [0.25, 0.3) is 0 Å². The molecular formula is C16H20F2N2O2. The standard InChI is InChI=1S/C16H20F2N2O2/c17-12-4-1-5-13(18)14(12)16(6-7-16)10-19-15(22)20-8-2-3-11(20)9-21/h1,4-5,11,21H,2-3,6-10H2,(H,19,22). The first kappa shape index (κ1) is 15.2. The minimum atomic E-state index is -0.625. The number of urea groups is 1. The molecule has 1 unspecified atom stereocenters. The molecule has 0 spiro atoms. The van der Waals surface area contributed by atoms with E-state index in [0.717, 1.165) is 12.8 Å². The monoisotopic (exact) mass is 310 g/mol. The molecule has 1 atom stereocenters. The molecule has 2 fully saturated rings. The molecule has 1 aromatic rings. The highest BCUT2D eigenvalue weighted by Crippen LogP contribution is 2.49. The van der Waals surface area contributed by atoms with Crippen LogP contribution >= 0.6 is 0 Å². The van der Waals surface area contributed by atoms with Crippen LogP contribution in [0.2, 0.25) is 0 Å². The maximum Gasteiger partial charge on any atom is 0.317 e. The predicted octanol–water partition coefficient (Wildman–Crippen LogP) is 2.16. The van der Waals surface area contributed by atoms with Crippen molar-refractivity contribution in [3.05, 3.63) is 35.4 Å². The molecule has 0 bridgehead atoms. The second-order valence-corrected chi connectivity index (χ2v) is 6.21. The summed E-state index contributed by atoms with van der Waals surface area (Å²) < 4.78 is 27.9. The number of hydrogen-bond donors (Lipinski definition) is 2. The number of benzene rings is 1. The number of halogens is 2. The van der Waals surface area contributed by atoms with Gasteiger partial charge in [0.15, 0.2) is 0 Å². The topological polar surface area (TPSA) is 52.6 Å². The zero-order valence-electron chi connectivity index (χ0n) is 12.3. The van der Waals surface area contributed by atoms with E-state index in [2.05, 4.69) is 5.32 Å². The number of likely N-dealkylation sites (tertiary alicyclic amines) is 1. The van der Waals surface area contributed by atoms with Gasteiger partial charge in [-0.3, -0.25) is 0 Å². The molecule has 3 rings (SSSR count). The molecule has 1 aliphatic heterocycles. The summed E-state index contributed by atoms with van der Waals surface area (Å²) in [7, 11) is 0. The number of rotatable bonds is 4. The molecule has 1 saturated heterocycles. The Labute approximate surface area is 128 Å².